The summed E-state index contributed by atoms with van der Waals surface area (Å²) in [5.74, 6) is -0.607. The van der Waals surface area contributed by atoms with Crippen LogP contribution in [0.1, 0.15) is 21.5 Å². The molecule has 5 nitrogen and oxygen atoms in total. The molecular weight excluding hydrogens is 416 g/mol. The molecule has 0 saturated heterocycles. The average molecular weight is 435 g/mol. The molecule has 0 amide bonds. The number of hydrogen-bond donors (Lipinski definition) is 0. The molecule has 162 valence electrons. The maximum atomic E-state index is 13.3. The van der Waals surface area contributed by atoms with E-state index >= 15 is 0 Å². The van der Waals surface area contributed by atoms with Crippen LogP contribution in [0, 0.1) is 11.6 Å². The molecule has 3 aromatic carbocycles. The number of aromatic nitrogens is 1. The number of pyridine rings is 1. The third-order valence-corrected chi connectivity index (χ3v) is 5.20. The smallest absolute Gasteiger partial charge is 0.200 e. The molecule has 0 radical (unpaired) electrons. The van der Waals surface area contributed by atoms with Crippen LogP contribution in [0.25, 0.3) is 10.9 Å². The Morgan fingerprint density at radius 2 is 1.44 bits per heavy atom. The third-order valence-electron chi connectivity index (χ3n) is 5.20. The fourth-order valence-electron chi connectivity index (χ4n) is 3.55. The van der Waals surface area contributed by atoms with Gasteiger partial charge in [-0.3, -0.25) is 9.59 Å². The summed E-state index contributed by atoms with van der Waals surface area (Å²) in [6.07, 6.45) is 1.46. The van der Waals surface area contributed by atoms with E-state index in [0.717, 1.165) is 5.56 Å². The van der Waals surface area contributed by atoms with Crippen molar-refractivity contribution in [3.05, 3.63) is 105 Å². The van der Waals surface area contributed by atoms with Crippen molar-refractivity contribution in [3.8, 4) is 11.5 Å². The van der Waals surface area contributed by atoms with Crippen LogP contribution in [-0.4, -0.2) is 24.6 Å². The Morgan fingerprint density at radius 3 is 2.03 bits per heavy atom. The Kier molecular flexibility index (Phi) is 5.73. The van der Waals surface area contributed by atoms with E-state index < -0.39 is 17.0 Å². The number of nitrogens with zero attached hydrogens (tertiary/aromatic N) is 1. The summed E-state index contributed by atoms with van der Waals surface area (Å²) >= 11 is 0. The monoisotopic (exact) mass is 435 g/mol. The lowest BCUT2D eigenvalue weighted by Crippen LogP contribution is -2.20. The van der Waals surface area contributed by atoms with E-state index in [-0.39, 0.29) is 28.9 Å². The highest BCUT2D eigenvalue weighted by atomic mass is 19.1. The summed E-state index contributed by atoms with van der Waals surface area (Å²) < 4.78 is 39.1. The first-order valence-electron chi connectivity index (χ1n) is 9.75. The van der Waals surface area contributed by atoms with Gasteiger partial charge in [0, 0.05) is 24.4 Å². The molecule has 0 unspecified atom stereocenters. The topological polar surface area (TPSA) is 57.5 Å². The number of ketones is 1. The van der Waals surface area contributed by atoms with E-state index in [1.165, 1.54) is 62.9 Å². The maximum Gasteiger partial charge on any atom is 0.200 e. The highest BCUT2D eigenvalue weighted by Crippen LogP contribution is 2.31. The molecule has 4 aromatic rings. The van der Waals surface area contributed by atoms with Crippen molar-refractivity contribution in [3.63, 3.8) is 0 Å². The number of rotatable bonds is 6. The van der Waals surface area contributed by atoms with Gasteiger partial charge < -0.3 is 14.0 Å². The molecule has 1 aromatic heterocycles. The lowest BCUT2D eigenvalue weighted by Gasteiger charge is -2.16. The number of benzene rings is 3. The van der Waals surface area contributed by atoms with Gasteiger partial charge in [0.25, 0.3) is 0 Å². The molecule has 1 heterocycles. The predicted molar refractivity (Wildman–Crippen MR) is 117 cm³/mol. The minimum Gasteiger partial charge on any atom is -0.493 e. The van der Waals surface area contributed by atoms with Gasteiger partial charge in [-0.15, -0.1) is 0 Å². The van der Waals surface area contributed by atoms with Gasteiger partial charge >= 0.3 is 0 Å². The summed E-state index contributed by atoms with van der Waals surface area (Å²) in [6, 6.07) is 14.1. The summed E-state index contributed by atoms with van der Waals surface area (Å²) in [5, 5.41) is 0.262. The van der Waals surface area contributed by atoms with Crippen molar-refractivity contribution in [2.45, 2.75) is 6.54 Å². The molecular formula is C25H19F2NO4. The van der Waals surface area contributed by atoms with Gasteiger partial charge in [0.1, 0.15) is 11.6 Å². The van der Waals surface area contributed by atoms with Crippen molar-refractivity contribution < 1.29 is 23.0 Å². The number of carbonyl (C=O) groups is 1. The fraction of sp³-hybridized carbons (Fsp3) is 0.120. The van der Waals surface area contributed by atoms with Crippen LogP contribution in [-0.2, 0) is 6.54 Å². The van der Waals surface area contributed by atoms with Crippen LogP contribution < -0.4 is 14.9 Å². The zero-order chi connectivity index (χ0) is 22.8. The number of methoxy groups -OCH3 is 2. The summed E-state index contributed by atoms with van der Waals surface area (Å²) in [4.78, 5) is 26.4. The predicted octanol–water partition coefficient (Wildman–Crippen LogP) is 4.58. The van der Waals surface area contributed by atoms with Crippen LogP contribution in [0.2, 0.25) is 0 Å². The number of fused-ring (bicyclic) bond motifs is 1. The van der Waals surface area contributed by atoms with Crippen molar-refractivity contribution >= 4 is 16.7 Å². The van der Waals surface area contributed by atoms with Gasteiger partial charge in [-0.25, -0.2) is 8.78 Å². The molecule has 0 aliphatic rings. The standard InChI is InChI=1S/C25H19F2NO4/c1-31-22-11-19-21(12-23(22)32-2)28(13-15-3-7-17(26)8-4-15)14-20(25(19)30)24(29)16-5-9-18(27)10-6-16/h3-12,14H,13H2,1-2H3. The van der Waals surface area contributed by atoms with Gasteiger partial charge in [0.2, 0.25) is 5.43 Å². The highest BCUT2D eigenvalue weighted by Gasteiger charge is 2.19. The zero-order valence-electron chi connectivity index (χ0n) is 17.4. The van der Waals surface area contributed by atoms with Crippen molar-refractivity contribution in [1.82, 2.24) is 4.57 Å². The molecule has 0 aliphatic carbocycles. The molecule has 4 rings (SSSR count). The van der Waals surface area contributed by atoms with E-state index in [0.29, 0.717) is 17.0 Å². The fourth-order valence-corrected chi connectivity index (χ4v) is 3.55. The average Bonchev–Trinajstić information content (AvgIpc) is 2.81. The van der Waals surface area contributed by atoms with Crippen molar-refractivity contribution in [2.75, 3.05) is 14.2 Å². The van der Waals surface area contributed by atoms with Crippen LogP contribution in [0.4, 0.5) is 8.78 Å². The molecule has 0 spiro atoms. The zero-order valence-corrected chi connectivity index (χ0v) is 17.4. The van der Waals surface area contributed by atoms with E-state index in [2.05, 4.69) is 0 Å². The first kappa shape index (κ1) is 21.2. The van der Waals surface area contributed by atoms with Crippen molar-refractivity contribution in [2.24, 2.45) is 0 Å². The molecule has 32 heavy (non-hydrogen) atoms. The lowest BCUT2D eigenvalue weighted by atomic mass is 10.0. The Bertz CT molecular complexity index is 1360. The SMILES string of the molecule is COc1cc2c(=O)c(C(=O)c3ccc(F)cc3)cn(Cc3ccc(F)cc3)c2cc1OC. The molecule has 0 N–H and O–H groups in total. The number of halogens is 2. The summed E-state index contributed by atoms with van der Waals surface area (Å²) in [5.41, 5.74) is 0.930. The van der Waals surface area contributed by atoms with Gasteiger partial charge in [-0.05, 0) is 48.0 Å². The van der Waals surface area contributed by atoms with E-state index in [4.69, 9.17) is 9.47 Å². The van der Waals surface area contributed by atoms with Crippen LogP contribution in [0.5, 0.6) is 11.5 Å². The minimum absolute atomic E-state index is 0.0709. The Hall–Kier alpha value is -4.00. The van der Waals surface area contributed by atoms with Gasteiger partial charge in [-0.1, -0.05) is 12.1 Å². The molecule has 0 fully saturated rings. The second-order valence-corrected chi connectivity index (χ2v) is 7.19. The number of carbonyl (C=O) groups excluding carboxylic acids is 1. The normalized spacial score (nSPS) is 10.9. The first-order valence-corrected chi connectivity index (χ1v) is 9.75. The Labute approximate surface area is 182 Å². The first-order chi connectivity index (χ1) is 15.4. The second kappa shape index (κ2) is 8.63. The van der Waals surface area contributed by atoms with E-state index in [9.17, 15) is 18.4 Å². The summed E-state index contributed by atoms with van der Waals surface area (Å²) in [7, 11) is 2.94. The Morgan fingerprint density at radius 1 is 0.875 bits per heavy atom. The third kappa shape index (κ3) is 3.97. The minimum atomic E-state index is -0.528. The molecule has 0 bridgehead atoms. The number of hydrogen-bond acceptors (Lipinski definition) is 4. The van der Waals surface area contributed by atoms with Crippen molar-refractivity contribution in [1.29, 1.82) is 0 Å². The molecule has 0 aliphatic heterocycles. The Balaban J connectivity index is 1.95. The quantitative estimate of drug-likeness (QED) is 0.416. The lowest BCUT2D eigenvalue weighted by molar-refractivity contribution is 0.103. The maximum absolute atomic E-state index is 13.3. The van der Waals surface area contributed by atoms with Gasteiger partial charge in [-0.2, -0.15) is 0 Å². The van der Waals surface area contributed by atoms with E-state index in [1.807, 2.05) is 0 Å². The molecule has 0 atom stereocenters. The van der Waals surface area contributed by atoms with Crippen LogP contribution in [0.15, 0.2) is 71.7 Å². The summed E-state index contributed by atoms with van der Waals surface area (Å²) in [6.45, 7) is 0.274. The van der Waals surface area contributed by atoms with Gasteiger partial charge in [0.15, 0.2) is 17.3 Å². The number of ether oxygens (including phenoxy) is 2. The van der Waals surface area contributed by atoms with Crippen LogP contribution in [0.3, 0.4) is 0 Å². The van der Waals surface area contributed by atoms with Crippen LogP contribution >= 0.6 is 0 Å². The molecule has 7 heteroatoms. The highest BCUT2D eigenvalue weighted by molar-refractivity contribution is 6.10. The molecule has 0 saturated carbocycles. The van der Waals surface area contributed by atoms with E-state index in [1.54, 1.807) is 22.8 Å². The van der Waals surface area contributed by atoms with Gasteiger partial charge in [0.05, 0.1) is 30.7 Å². The largest absolute Gasteiger partial charge is 0.493 e. The second-order valence-electron chi connectivity index (χ2n) is 7.19.